The molecule has 0 radical (unpaired) electrons. The summed E-state index contributed by atoms with van der Waals surface area (Å²) in [5.41, 5.74) is 0.317. The molecule has 170 valence electrons. The number of nitrogens with zero attached hydrogens (tertiary/aromatic N) is 5. The highest BCUT2D eigenvalue weighted by atomic mass is 19.4. The number of alkyl halides is 3. The molecule has 1 amide bonds. The monoisotopic (exact) mass is 441 g/mol. The minimum absolute atomic E-state index is 0.250. The highest BCUT2D eigenvalue weighted by molar-refractivity contribution is 5.85. The number of aromatic nitrogens is 1. The summed E-state index contributed by atoms with van der Waals surface area (Å²) in [6.45, 7) is 4.24. The Kier molecular flexibility index (Phi) is 7.84. The van der Waals surface area contributed by atoms with Gasteiger partial charge in [-0.1, -0.05) is 0 Å². The molecule has 0 saturated carbocycles. The SMILES string of the molecule is CN(C)CCN1CCC2(CCCN(c3ccc(C#N)cn3)C2)C1=O.O=C(O)C(F)(F)F. The molecule has 1 aromatic rings. The Morgan fingerprint density at radius 2 is 2.00 bits per heavy atom. The molecule has 1 N–H and O–H groups in total. The van der Waals surface area contributed by atoms with E-state index in [4.69, 9.17) is 15.2 Å². The van der Waals surface area contributed by atoms with Gasteiger partial charge in [0.25, 0.3) is 0 Å². The van der Waals surface area contributed by atoms with Gasteiger partial charge in [-0.3, -0.25) is 4.79 Å². The van der Waals surface area contributed by atoms with Gasteiger partial charge in [-0.2, -0.15) is 18.4 Å². The van der Waals surface area contributed by atoms with E-state index in [1.807, 2.05) is 25.1 Å². The van der Waals surface area contributed by atoms with Gasteiger partial charge in [0, 0.05) is 38.9 Å². The molecule has 8 nitrogen and oxygen atoms in total. The van der Waals surface area contributed by atoms with Crippen molar-refractivity contribution in [3.8, 4) is 6.07 Å². The zero-order valence-corrected chi connectivity index (χ0v) is 17.5. The molecule has 3 heterocycles. The first-order valence-corrected chi connectivity index (χ1v) is 9.84. The van der Waals surface area contributed by atoms with Gasteiger partial charge < -0.3 is 19.8 Å². The van der Waals surface area contributed by atoms with Crippen LogP contribution in [-0.4, -0.2) is 84.8 Å². The van der Waals surface area contributed by atoms with Crippen molar-refractivity contribution in [3.05, 3.63) is 23.9 Å². The highest BCUT2D eigenvalue weighted by Gasteiger charge is 2.48. The van der Waals surface area contributed by atoms with Crippen molar-refractivity contribution in [1.82, 2.24) is 14.8 Å². The number of likely N-dealkylation sites (tertiary alicyclic amines) is 1. The van der Waals surface area contributed by atoms with Gasteiger partial charge in [-0.25, -0.2) is 9.78 Å². The standard InChI is InChI=1S/C18H25N5O.C2HF3O2/c1-21(2)10-11-22-9-7-18(17(22)24)6-3-8-23(14-18)16-5-4-15(12-19)13-20-16;3-2(4,5)1(6)7/h4-5,13H,3,6-11,14H2,1-2H3;(H,6,7). The summed E-state index contributed by atoms with van der Waals surface area (Å²) in [5.74, 6) is -1.58. The lowest BCUT2D eigenvalue weighted by molar-refractivity contribution is -0.192. The van der Waals surface area contributed by atoms with Crippen molar-refractivity contribution < 1.29 is 27.9 Å². The third-order valence-electron chi connectivity index (χ3n) is 5.44. The molecule has 0 aromatic carbocycles. The van der Waals surface area contributed by atoms with E-state index in [0.29, 0.717) is 11.5 Å². The van der Waals surface area contributed by atoms with E-state index in [2.05, 4.69) is 20.9 Å². The molecular weight excluding hydrogens is 415 g/mol. The maximum Gasteiger partial charge on any atom is 0.490 e. The summed E-state index contributed by atoms with van der Waals surface area (Å²) in [6.07, 6.45) is -0.561. The van der Waals surface area contributed by atoms with Gasteiger partial charge in [0.1, 0.15) is 11.9 Å². The number of carboxylic acid groups (broad SMARTS) is 1. The Morgan fingerprint density at radius 3 is 2.52 bits per heavy atom. The zero-order chi connectivity index (χ0) is 23.2. The van der Waals surface area contributed by atoms with Gasteiger partial charge >= 0.3 is 12.1 Å². The van der Waals surface area contributed by atoms with Gasteiger partial charge in [-0.15, -0.1) is 0 Å². The number of carbonyl (C=O) groups is 2. The van der Waals surface area contributed by atoms with Crippen molar-refractivity contribution in [2.75, 3.05) is 51.7 Å². The van der Waals surface area contributed by atoms with Crippen LogP contribution in [0, 0.1) is 16.7 Å². The van der Waals surface area contributed by atoms with Gasteiger partial charge in [0.15, 0.2) is 0 Å². The van der Waals surface area contributed by atoms with E-state index in [1.54, 1.807) is 12.3 Å². The summed E-state index contributed by atoms with van der Waals surface area (Å²) in [5, 5.41) is 16.0. The molecule has 1 spiro atoms. The number of carbonyl (C=O) groups excluding carboxylic acids is 1. The van der Waals surface area contributed by atoms with Gasteiger partial charge in [0.05, 0.1) is 11.0 Å². The number of aliphatic carboxylic acids is 1. The fraction of sp³-hybridized carbons (Fsp3) is 0.600. The largest absolute Gasteiger partial charge is 0.490 e. The number of piperidine rings is 1. The van der Waals surface area contributed by atoms with Gasteiger partial charge in [0.2, 0.25) is 5.91 Å². The summed E-state index contributed by atoms with van der Waals surface area (Å²) in [6, 6.07) is 5.78. The molecule has 1 atom stereocenters. The highest BCUT2D eigenvalue weighted by Crippen LogP contribution is 2.41. The molecular formula is C20H26F3N5O3. The van der Waals surface area contributed by atoms with Crippen LogP contribution in [0.2, 0.25) is 0 Å². The maximum atomic E-state index is 13.0. The summed E-state index contributed by atoms with van der Waals surface area (Å²) >= 11 is 0. The number of nitriles is 1. The van der Waals surface area contributed by atoms with Gasteiger partial charge in [-0.05, 0) is 45.5 Å². The smallest absolute Gasteiger partial charge is 0.475 e. The van der Waals surface area contributed by atoms with Crippen molar-refractivity contribution in [2.45, 2.75) is 25.4 Å². The second-order valence-electron chi connectivity index (χ2n) is 7.97. The predicted octanol–water partition coefficient (Wildman–Crippen LogP) is 1.97. The van der Waals surface area contributed by atoms with Crippen molar-refractivity contribution >= 4 is 17.7 Å². The number of likely N-dealkylation sites (N-methyl/N-ethyl adjacent to an activating group) is 1. The summed E-state index contributed by atoms with van der Waals surface area (Å²) < 4.78 is 31.7. The van der Waals surface area contributed by atoms with E-state index in [-0.39, 0.29) is 5.41 Å². The van der Waals surface area contributed by atoms with Crippen LogP contribution < -0.4 is 4.90 Å². The van der Waals surface area contributed by atoms with Crippen molar-refractivity contribution in [2.24, 2.45) is 5.41 Å². The number of carboxylic acids is 1. The molecule has 3 rings (SSSR count). The molecule has 31 heavy (non-hydrogen) atoms. The lowest BCUT2D eigenvalue weighted by Gasteiger charge is -2.39. The fourth-order valence-corrected chi connectivity index (χ4v) is 3.77. The third-order valence-corrected chi connectivity index (χ3v) is 5.44. The maximum absolute atomic E-state index is 13.0. The Hall–Kier alpha value is -2.87. The molecule has 2 fully saturated rings. The molecule has 1 unspecified atom stereocenters. The van der Waals surface area contributed by atoms with Crippen molar-refractivity contribution in [1.29, 1.82) is 5.26 Å². The normalized spacial score (nSPS) is 21.1. The van der Waals surface area contributed by atoms with Crippen LogP contribution >= 0.6 is 0 Å². The Labute approximate surface area is 178 Å². The summed E-state index contributed by atoms with van der Waals surface area (Å²) in [7, 11) is 4.07. The zero-order valence-electron chi connectivity index (χ0n) is 17.5. The fourth-order valence-electron chi connectivity index (χ4n) is 3.77. The minimum atomic E-state index is -5.08. The van der Waals surface area contributed by atoms with Crippen LogP contribution in [0.5, 0.6) is 0 Å². The van der Waals surface area contributed by atoms with E-state index in [9.17, 15) is 18.0 Å². The molecule has 0 aliphatic carbocycles. The number of anilines is 1. The predicted molar refractivity (Wildman–Crippen MR) is 106 cm³/mol. The van der Waals surface area contributed by atoms with Crippen LogP contribution in [0.1, 0.15) is 24.8 Å². The summed E-state index contributed by atoms with van der Waals surface area (Å²) in [4.78, 5) is 32.6. The van der Waals surface area contributed by atoms with Crippen LogP contribution in [0.4, 0.5) is 19.0 Å². The Balaban J connectivity index is 0.000000423. The number of halogens is 3. The molecule has 11 heteroatoms. The molecule has 2 aliphatic rings. The first kappa shape index (κ1) is 24.4. The Bertz CT molecular complexity index is 823. The first-order valence-electron chi connectivity index (χ1n) is 9.84. The average Bonchev–Trinajstić information content (AvgIpc) is 3.01. The van der Waals surface area contributed by atoms with E-state index >= 15 is 0 Å². The molecule has 2 aliphatic heterocycles. The van der Waals surface area contributed by atoms with E-state index < -0.39 is 12.1 Å². The number of hydrogen-bond donors (Lipinski definition) is 1. The van der Waals surface area contributed by atoms with Crippen LogP contribution in [-0.2, 0) is 9.59 Å². The van der Waals surface area contributed by atoms with E-state index in [1.165, 1.54) is 0 Å². The number of rotatable bonds is 4. The van der Waals surface area contributed by atoms with Crippen molar-refractivity contribution in [3.63, 3.8) is 0 Å². The Morgan fingerprint density at radius 1 is 1.32 bits per heavy atom. The third kappa shape index (κ3) is 6.30. The lowest BCUT2D eigenvalue weighted by atomic mass is 9.78. The molecule has 0 bridgehead atoms. The first-order chi connectivity index (χ1) is 14.5. The van der Waals surface area contributed by atoms with Crippen LogP contribution in [0.25, 0.3) is 0 Å². The minimum Gasteiger partial charge on any atom is -0.475 e. The average molecular weight is 441 g/mol. The lowest BCUT2D eigenvalue weighted by Crippen LogP contribution is -2.48. The van der Waals surface area contributed by atoms with E-state index in [0.717, 1.165) is 57.8 Å². The second-order valence-corrected chi connectivity index (χ2v) is 7.97. The van der Waals surface area contributed by atoms with Crippen LogP contribution in [0.3, 0.4) is 0 Å². The number of hydrogen-bond acceptors (Lipinski definition) is 6. The molecule has 2 saturated heterocycles. The quantitative estimate of drug-likeness (QED) is 0.762. The number of amides is 1. The van der Waals surface area contributed by atoms with Crippen LogP contribution in [0.15, 0.2) is 18.3 Å². The molecule has 1 aromatic heterocycles. The topological polar surface area (TPSA) is 101 Å². The number of pyridine rings is 1. The second kappa shape index (κ2) is 9.96.